The number of anilines is 2. The lowest BCUT2D eigenvalue weighted by Gasteiger charge is -2.19. The van der Waals surface area contributed by atoms with Crippen LogP contribution in [0.15, 0.2) is 12.3 Å². The average Bonchev–Trinajstić information content (AvgIpc) is 2.76. The lowest BCUT2D eigenvalue weighted by atomic mass is 10.0. The number of nitrogen functional groups attached to an aromatic ring is 1. The molecule has 2 heterocycles. The smallest absolute Gasteiger partial charge is 0.147 e. The Kier molecular flexibility index (Phi) is 2.43. The van der Waals surface area contributed by atoms with Gasteiger partial charge >= 0.3 is 0 Å². The highest BCUT2D eigenvalue weighted by atomic mass is 35.5. The minimum absolute atomic E-state index is 0.633. The van der Waals surface area contributed by atoms with Crippen LogP contribution in [-0.2, 0) is 0 Å². The molecule has 2 aliphatic rings. The van der Waals surface area contributed by atoms with E-state index in [0.717, 1.165) is 30.7 Å². The van der Waals surface area contributed by atoms with Gasteiger partial charge < -0.3 is 10.6 Å². The van der Waals surface area contributed by atoms with Crippen LogP contribution in [0, 0.1) is 11.8 Å². The minimum atomic E-state index is 0.633. The second-order valence-electron chi connectivity index (χ2n) is 4.93. The Bertz CT molecular complexity index is 395. The SMILES string of the molecule is Nc1cnc(N2CC3CCCC3C2)c(Cl)c1. The van der Waals surface area contributed by atoms with Crippen molar-refractivity contribution in [3.63, 3.8) is 0 Å². The Morgan fingerprint density at radius 2 is 2.00 bits per heavy atom. The molecule has 16 heavy (non-hydrogen) atoms. The summed E-state index contributed by atoms with van der Waals surface area (Å²) in [6, 6.07) is 1.79. The molecule has 1 aliphatic carbocycles. The van der Waals surface area contributed by atoms with Gasteiger partial charge in [0.2, 0.25) is 0 Å². The number of fused-ring (bicyclic) bond motifs is 1. The molecule has 2 atom stereocenters. The molecule has 2 N–H and O–H groups in total. The third kappa shape index (κ3) is 1.63. The Morgan fingerprint density at radius 1 is 1.31 bits per heavy atom. The lowest BCUT2D eigenvalue weighted by Crippen LogP contribution is -2.22. The molecule has 0 radical (unpaired) electrons. The third-order valence-corrected chi connectivity index (χ3v) is 4.15. The Hall–Kier alpha value is -0.960. The molecule has 2 unspecified atom stereocenters. The molecule has 0 aromatic carbocycles. The van der Waals surface area contributed by atoms with Gasteiger partial charge in [-0.05, 0) is 30.7 Å². The number of nitrogens with zero attached hydrogens (tertiary/aromatic N) is 2. The molecule has 1 aliphatic heterocycles. The number of hydrogen-bond donors (Lipinski definition) is 1. The van der Waals surface area contributed by atoms with Crippen molar-refractivity contribution in [2.45, 2.75) is 19.3 Å². The molecule has 86 valence electrons. The van der Waals surface area contributed by atoms with Gasteiger partial charge in [-0.25, -0.2) is 4.98 Å². The summed E-state index contributed by atoms with van der Waals surface area (Å²) in [5.41, 5.74) is 6.29. The first kappa shape index (κ1) is 10.2. The predicted molar refractivity (Wildman–Crippen MR) is 66.7 cm³/mol. The van der Waals surface area contributed by atoms with Crippen molar-refractivity contribution in [1.82, 2.24) is 4.98 Å². The van der Waals surface area contributed by atoms with Crippen LogP contribution in [0.3, 0.4) is 0 Å². The van der Waals surface area contributed by atoms with Crippen LogP contribution in [0.25, 0.3) is 0 Å². The van der Waals surface area contributed by atoms with Gasteiger partial charge in [-0.2, -0.15) is 0 Å². The molecular formula is C12H16ClN3. The molecule has 1 aromatic heterocycles. The zero-order valence-electron chi connectivity index (χ0n) is 9.19. The Morgan fingerprint density at radius 3 is 2.62 bits per heavy atom. The van der Waals surface area contributed by atoms with Crippen LogP contribution in [0.1, 0.15) is 19.3 Å². The molecule has 0 bridgehead atoms. The second kappa shape index (κ2) is 3.81. The Labute approximate surface area is 101 Å². The van der Waals surface area contributed by atoms with Gasteiger partial charge in [-0.15, -0.1) is 0 Å². The van der Waals surface area contributed by atoms with E-state index in [0.29, 0.717) is 10.7 Å². The van der Waals surface area contributed by atoms with Gasteiger partial charge in [0.05, 0.1) is 16.9 Å². The van der Waals surface area contributed by atoms with Crippen LogP contribution in [0.5, 0.6) is 0 Å². The number of nitrogens with two attached hydrogens (primary N) is 1. The van der Waals surface area contributed by atoms with Crippen molar-refractivity contribution in [3.8, 4) is 0 Å². The second-order valence-corrected chi connectivity index (χ2v) is 5.34. The van der Waals surface area contributed by atoms with E-state index in [2.05, 4.69) is 9.88 Å². The number of rotatable bonds is 1. The first-order valence-electron chi connectivity index (χ1n) is 5.90. The third-order valence-electron chi connectivity index (χ3n) is 3.87. The molecule has 0 amide bonds. The fourth-order valence-electron chi connectivity index (χ4n) is 3.09. The highest BCUT2D eigenvalue weighted by Gasteiger charge is 2.37. The van der Waals surface area contributed by atoms with E-state index in [-0.39, 0.29) is 0 Å². The van der Waals surface area contributed by atoms with Gasteiger partial charge in [0.15, 0.2) is 0 Å². The van der Waals surface area contributed by atoms with Crippen LogP contribution in [-0.4, -0.2) is 18.1 Å². The summed E-state index contributed by atoms with van der Waals surface area (Å²) in [6.07, 6.45) is 5.82. The first-order chi connectivity index (χ1) is 7.74. The van der Waals surface area contributed by atoms with E-state index in [1.165, 1.54) is 19.3 Å². The van der Waals surface area contributed by atoms with E-state index >= 15 is 0 Å². The van der Waals surface area contributed by atoms with Crippen LogP contribution in [0.4, 0.5) is 11.5 Å². The van der Waals surface area contributed by atoms with Gasteiger partial charge in [0.1, 0.15) is 5.82 Å². The maximum Gasteiger partial charge on any atom is 0.147 e. The van der Waals surface area contributed by atoms with Gasteiger partial charge in [0, 0.05) is 13.1 Å². The van der Waals surface area contributed by atoms with Crippen molar-refractivity contribution in [2.75, 3.05) is 23.7 Å². The van der Waals surface area contributed by atoms with E-state index < -0.39 is 0 Å². The monoisotopic (exact) mass is 237 g/mol. The summed E-state index contributed by atoms with van der Waals surface area (Å²) >= 11 is 6.18. The van der Waals surface area contributed by atoms with Crippen LogP contribution >= 0.6 is 11.6 Å². The van der Waals surface area contributed by atoms with Crippen molar-refractivity contribution in [2.24, 2.45) is 11.8 Å². The number of aromatic nitrogens is 1. The van der Waals surface area contributed by atoms with Crippen molar-refractivity contribution < 1.29 is 0 Å². The fraction of sp³-hybridized carbons (Fsp3) is 0.583. The summed E-state index contributed by atoms with van der Waals surface area (Å²) in [4.78, 5) is 6.67. The fourth-order valence-corrected chi connectivity index (χ4v) is 3.38. The number of pyridine rings is 1. The molecule has 1 saturated carbocycles. The Balaban J connectivity index is 1.83. The quantitative estimate of drug-likeness (QED) is 0.816. The van der Waals surface area contributed by atoms with Crippen molar-refractivity contribution >= 4 is 23.1 Å². The van der Waals surface area contributed by atoms with Gasteiger partial charge in [-0.1, -0.05) is 18.0 Å². The maximum absolute atomic E-state index is 6.18. The molecule has 3 nitrogen and oxygen atoms in total. The van der Waals surface area contributed by atoms with E-state index in [9.17, 15) is 0 Å². The van der Waals surface area contributed by atoms with Crippen molar-refractivity contribution in [1.29, 1.82) is 0 Å². The van der Waals surface area contributed by atoms with Crippen LogP contribution < -0.4 is 10.6 Å². The summed E-state index contributed by atoms with van der Waals surface area (Å²) < 4.78 is 0. The number of halogens is 1. The van der Waals surface area contributed by atoms with Crippen molar-refractivity contribution in [3.05, 3.63) is 17.3 Å². The molecule has 2 fully saturated rings. The highest BCUT2D eigenvalue weighted by molar-refractivity contribution is 6.33. The lowest BCUT2D eigenvalue weighted by molar-refractivity contribution is 0.494. The standard InChI is InChI=1S/C12H16ClN3/c13-11-4-10(14)5-15-12(11)16-6-8-2-1-3-9(8)7-16/h4-5,8-9H,1-3,6-7,14H2. The van der Waals surface area contributed by atoms with E-state index in [4.69, 9.17) is 17.3 Å². The van der Waals surface area contributed by atoms with Crippen LogP contribution in [0.2, 0.25) is 5.02 Å². The molecule has 1 saturated heterocycles. The summed E-state index contributed by atoms with van der Waals surface area (Å²) in [7, 11) is 0. The summed E-state index contributed by atoms with van der Waals surface area (Å²) in [5, 5.41) is 0.681. The average molecular weight is 238 g/mol. The maximum atomic E-state index is 6.18. The highest BCUT2D eigenvalue weighted by Crippen LogP contribution is 2.40. The predicted octanol–water partition coefficient (Wildman–Crippen LogP) is 2.55. The van der Waals surface area contributed by atoms with Gasteiger partial charge in [-0.3, -0.25) is 0 Å². The summed E-state index contributed by atoms with van der Waals surface area (Å²) in [5.74, 6) is 2.62. The summed E-state index contributed by atoms with van der Waals surface area (Å²) in [6.45, 7) is 2.22. The zero-order valence-corrected chi connectivity index (χ0v) is 9.95. The molecule has 4 heteroatoms. The molecule has 3 rings (SSSR count). The first-order valence-corrected chi connectivity index (χ1v) is 6.28. The normalized spacial score (nSPS) is 28.4. The largest absolute Gasteiger partial charge is 0.397 e. The van der Waals surface area contributed by atoms with E-state index in [1.54, 1.807) is 12.3 Å². The van der Waals surface area contributed by atoms with Gasteiger partial charge in [0.25, 0.3) is 0 Å². The minimum Gasteiger partial charge on any atom is -0.397 e. The zero-order chi connectivity index (χ0) is 11.1. The molecule has 0 spiro atoms. The molecular weight excluding hydrogens is 222 g/mol. The number of hydrogen-bond acceptors (Lipinski definition) is 3. The van der Waals surface area contributed by atoms with E-state index in [1.807, 2.05) is 0 Å². The topological polar surface area (TPSA) is 42.1 Å². The molecule has 1 aromatic rings.